The number of hydrogen-bond donors (Lipinski definition) is 0. The molecule has 32 heavy (non-hydrogen) atoms. The lowest BCUT2D eigenvalue weighted by Gasteiger charge is -2.36. The molecule has 2 amide bonds. The first kappa shape index (κ1) is 23.7. The molecule has 1 aromatic carbocycles. The molecule has 1 aromatic rings. The number of benzene rings is 1. The quantitative estimate of drug-likeness (QED) is 0.621. The van der Waals surface area contributed by atoms with Gasteiger partial charge in [-0.2, -0.15) is 0 Å². The van der Waals surface area contributed by atoms with Crippen molar-refractivity contribution in [2.45, 2.75) is 44.6 Å². The Kier molecular flexibility index (Phi) is 7.23. The fourth-order valence-electron chi connectivity index (χ4n) is 5.05. The molecule has 3 aliphatic rings. The second-order valence-corrected chi connectivity index (χ2v) is 10.6. The van der Waals surface area contributed by atoms with E-state index in [-0.39, 0.29) is 11.8 Å². The van der Waals surface area contributed by atoms with Crippen molar-refractivity contribution in [1.29, 1.82) is 0 Å². The van der Waals surface area contributed by atoms with E-state index < -0.39 is 6.04 Å². The molecule has 3 fully saturated rings. The number of rotatable bonds is 6. The minimum atomic E-state index is -0.414. The van der Waals surface area contributed by atoms with Gasteiger partial charge < -0.3 is 19.6 Å². The summed E-state index contributed by atoms with van der Waals surface area (Å²) in [5.41, 5.74) is 1.59. The Morgan fingerprint density at radius 1 is 1.03 bits per heavy atom. The van der Waals surface area contributed by atoms with Crippen LogP contribution in [0.25, 0.3) is 0 Å². The smallest absolute Gasteiger partial charge is 0.244 e. The highest BCUT2D eigenvalue weighted by atomic mass is 35.5. The lowest BCUT2D eigenvalue weighted by Crippen LogP contribution is -2.51. The molecule has 2 aliphatic heterocycles. The Labute approximate surface area is 201 Å². The van der Waals surface area contributed by atoms with Gasteiger partial charge in [-0.25, -0.2) is 0 Å². The molecule has 2 heterocycles. The van der Waals surface area contributed by atoms with Gasteiger partial charge in [0.15, 0.2) is 0 Å². The minimum Gasteiger partial charge on any atom is -0.369 e. The molecule has 0 radical (unpaired) electrons. The molecule has 0 aromatic heterocycles. The summed E-state index contributed by atoms with van der Waals surface area (Å²) in [4.78, 5) is 34.2. The van der Waals surface area contributed by atoms with Crippen LogP contribution in [0.4, 0.5) is 5.69 Å². The number of likely N-dealkylation sites (tertiary alicyclic amines) is 1. The van der Waals surface area contributed by atoms with Gasteiger partial charge in [0.1, 0.15) is 6.04 Å². The lowest BCUT2D eigenvalue weighted by molar-refractivity contribution is -0.144. The largest absolute Gasteiger partial charge is 0.369 e. The number of likely N-dealkylation sites (N-methyl/N-ethyl adjacent to an activating group) is 1. The summed E-state index contributed by atoms with van der Waals surface area (Å²) < 4.78 is 0. The van der Waals surface area contributed by atoms with Crippen LogP contribution in [0.5, 0.6) is 0 Å². The zero-order valence-corrected chi connectivity index (χ0v) is 20.7. The Bertz CT molecular complexity index is 848. The molecule has 2 saturated heterocycles. The summed E-state index contributed by atoms with van der Waals surface area (Å²) in [5.74, 6) is 0.0559. The summed E-state index contributed by atoms with van der Waals surface area (Å²) in [6.07, 6.45) is 6.40. The van der Waals surface area contributed by atoms with E-state index in [4.69, 9.17) is 23.2 Å². The molecule has 8 heteroatoms. The van der Waals surface area contributed by atoms with Crippen LogP contribution in [0.3, 0.4) is 0 Å². The number of anilines is 1. The SMILES string of the molecule is CN(C)C(=O)[C@H](CCN1CCC2(CC1)CC2)N1CCN(c2ccc(Cl)c(Cl)c2)CCC1=O. The number of carbonyl (C=O) groups is 2. The van der Waals surface area contributed by atoms with E-state index >= 15 is 0 Å². The Hall–Kier alpha value is -1.50. The minimum absolute atomic E-state index is 0.0111. The molecule has 0 bridgehead atoms. The monoisotopic (exact) mass is 480 g/mol. The van der Waals surface area contributed by atoms with Gasteiger partial charge in [-0.1, -0.05) is 23.2 Å². The van der Waals surface area contributed by atoms with Crippen molar-refractivity contribution in [1.82, 2.24) is 14.7 Å². The molecule has 1 aliphatic carbocycles. The molecular formula is C24H34Cl2N4O2. The van der Waals surface area contributed by atoms with Crippen LogP contribution < -0.4 is 4.90 Å². The molecule has 0 unspecified atom stereocenters. The Morgan fingerprint density at radius 3 is 2.38 bits per heavy atom. The van der Waals surface area contributed by atoms with Gasteiger partial charge in [0, 0.05) is 52.4 Å². The normalized spacial score (nSPS) is 22.1. The second kappa shape index (κ2) is 9.78. The molecule has 1 spiro atoms. The van der Waals surface area contributed by atoms with Gasteiger partial charge in [-0.15, -0.1) is 0 Å². The number of hydrogen-bond acceptors (Lipinski definition) is 4. The summed E-state index contributed by atoms with van der Waals surface area (Å²) in [7, 11) is 3.55. The second-order valence-electron chi connectivity index (χ2n) is 9.80. The molecule has 4 rings (SSSR count). The van der Waals surface area contributed by atoms with Gasteiger partial charge in [0.05, 0.1) is 10.0 Å². The number of nitrogens with zero attached hydrogens (tertiary/aromatic N) is 4. The first-order chi connectivity index (χ1) is 15.3. The van der Waals surface area contributed by atoms with Gasteiger partial charge in [-0.3, -0.25) is 9.59 Å². The van der Waals surface area contributed by atoms with E-state index in [1.54, 1.807) is 25.1 Å². The number of amides is 2. The molecule has 1 atom stereocenters. The van der Waals surface area contributed by atoms with E-state index in [1.807, 2.05) is 17.0 Å². The summed E-state index contributed by atoms with van der Waals surface area (Å²) in [6, 6.07) is 5.14. The van der Waals surface area contributed by atoms with Crippen molar-refractivity contribution >= 4 is 40.7 Å². The first-order valence-electron chi connectivity index (χ1n) is 11.7. The standard InChI is InChI=1S/C24H34Cl2N4O2/c1-27(2)23(32)21(5-11-28-13-9-24(7-8-24)10-14-28)30-16-15-29(12-6-22(30)31)18-3-4-19(25)20(26)17-18/h3-4,17,21H,5-16H2,1-2H3/t21-/m0/s1. The first-order valence-corrected chi connectivity index (χ1v) is 12.5. The number of piperidine rings is 1. The van der Waals surface area contributed by atoms with Crippen molar-refractivity contribution < 1.29 is 9.59 Å². The van der Waals surface area contributed by atoms with E-state index in [0.29, 0.717) is 47.9 Å². The average Bonchev–Trinajstić information content (AvgIpc) is 3.56. The molecule has 176 valence electrons. The molecule has 6 nitrogen and oxygen atoms in total. The van der Waals surface area contributed by atoms with Crippen molar-refractivity contribution in [3.8, 4) is 0 Å². The predicted molar refractivity (Wildman–Crippen MR) is 129 cm³/mol. The van der Waals surface area contributed by atoms with E-state index in [1.165, 1.54) is 25.7 Å². The maximum absolute atomic E-state index is 13.1. The maximum Gasteiger partial charge on any atom is 0.244 e. The van der Waals surface area contributed by atoms with E-state index in [9.17, 15) is 9.59 Å². The maximum atomic E-state index is 13.1. The highest BCUT2D eigenvalue weighted by molar-refractivity contribution is 6.42. The summed E-state index contributed by atoms with van der Waals surface area (Å²) in [5, 5.41) is 1.02. The molecule has 1 saturated carbocycles. The van der Waals surface area contributed by atoms with Gasteiger partial charge >= 0.3 is 0 Å². The third-order valence-electron chi connectivity index (χ3n) is 7.49. The van der Waals surface area contributed by atoms with E-state index in [2.05, 4.69) is 9.80 Å². The number of carbonyl (C=O) groups excluding carboxylic acids is 2. The molecule has 0 N–H and O–H groups in total. The van der Waals surface area contributed by atoms with Gasteiger partial charge in [0.2, 0.25) is 11.8 Å². The fraction of sp³-hybridized carbons (Fsp3) is 0.667. The van der Waals surface area contributed by atoms with Crippen molar-refractivity contribution in [2.24, 2.45) is 5.41 Å². The number of halogens is 2. The van der Waals surface area contributed by atoms with Gasteiger partial charge in [-0.05, 0) is 68.8 Å². The zero-order chi connectivity index (χ0) is 22.9. The van der Waals surface area contributed by atoms with Crippen LogP contribution in [0.2, 0.25) is 10.0 Å². The third-order valence-corrected chi connectivity index (χ3v) is 8.23. The van der Waals surface area contributed by atoms with Crippen molar-refractivity contribution in [2.75, 3.05) is 58.3 Å². The van der Waals surface area contributed by atoms with Crippen molar-refractivity contribution in [3.63, 3.8) is 0 Å². The Balaban J connectivity index is 1.42. The van der Waals surface area contributed by atoms with Crippen molar-refractivity contribution in [3.05, 3.63) is 28.2 Å². The van der Waals surface area contributed by atoms with Crippen LogP contribution in [-0.4, -0.2) is 85.9 Å². The predicted octanol–water partition coefficient (Wildman–Crippen LogP) is 3.76. The third kappa shape index (κ3) is 5.35. The van der Waals surface area contributed by atoms with Crippen LogP contribution in [-0.2, 0) is 9.59 Å². The van der Waals surface area contributed by atoms with Crippen LogP contribution in [0.1, 0.15) is 38.5 Å². The van der Waals surface area contributed by atoms with Gasteiger partial charge in [0.25, 0.3) is 0 Å². The summed E-state index contributed by atoms with van der Waals surface area (Å²) >= 11 is 12.3. The fourth-order valence-corrected chi connectivity index (χ4v) is 5.34. The average molecular weight is 481 g/mol. The highest BCUT2D eigenvalue weighted by Crippen LogP contribution is 2.53. The van der Waals surface area contributed by atoms with Crippen LogP contribution in [0, 0.1) is 5.41 Å². The zero-order valence-electron chi connectivity index (χ0n) is 19.2. The highest BCUT2D eigenvalue weighted by Gasteiger charge is 2.44. The van der Waals surface area contributed by atoms with E-state index in [0.717, 1.165) is 25.3 Å². The van der Waals surface area contributed by atoms with Crippen LogP contribution in [0.15, 0.2) is 18.2 Å². The van der Waals surface area contributed by atoms with Crippen LogP contribution >= 0.6 is 23.2 Å². The molecular weight excluding hydrogens is 447 g/mol. The Morgan fingerprint density at radius 2 is 1.75 bits per heavy atom. The lowest BCUT2D eigenvalue weighted by atomic mass is 9.93. The topological polar surface area (TPSA) is 47.1 Å². The summed E-state index contributed by atoms with van der Waals surface area (Å²) in [6.45, 7) is 4.87.